The minimum Gasteiger partial charge on any atom is -0.451 e. The quantitative estimate of drug-likeness (QED) is 0.667. The van der Waals surface area contributed by atoms with Gasteiger partial charge in [-0.25, -0.2) is 4.39 Å². The molecule has 1 aromatic heterocycles. The van der Waals surface area contributed by atoms with Crippen LogP contribution in [0.15, 0.2) is 65.1 Å². The van der Waals surface area contributed by atoms with E-state index in [2.05, 4.69) is 16.9 Å². The fourth-order valence-corrected chi connectivity index (χ4v) is 3.44. The predicted octanol–water partition coefficient (Wildman–Crippen LogP) is 3.30. The number of nitrogens with zero attached hydrogens (tertiary/aromatic N) is 1. The number of anilines is 1. The van der Waals surface area contributed by atoms with Crippen LogP contribution in [0.3, 0.4) is 0 Å². The molecule has 1 aliphatic rings. The molecule has 2 amide bonds. The lowest BCUT2D eigenvalue weighted by Crippen LogP contribution is -2.47. The van der Waals surface area contributed by atoms with Crippen LogP contribution in [0.25, 0.3) is 11.3 Å². The Morgan fingerprint density at radius 1 is 1.00 bits per heavy atom. The first-order valence-electron chi connectivity index (χ1n) is 9.38. The molecule has 2 N–H and O–H groups in total. The van der Waals surface area contributed by atoms with E-state index in [0.29, 0.717) is 0 Å². The molecular weight excluding hydrogens is 373 g/mol. The second-order valence-electron chi connectivity index (χ2n) is 6.80. The van der Waals surface area contributed by atoms with Crippen LogP contribution in [0, 0.1) is 5.82 Å². The highest BCUT2D eigenvalue weighted by atomic mass is 19.1. The van der Waals surface area contributed by atoms with E-state index in [0.717, 1.165) is 25.1 Å². The zero-order chi connectivity index (χ0) is 20.2. The average molecular weight is 393 g/mol. The number of para-hydroxylation sites is 1. The van der Waals surface area contributed by atoms with E-state index in [-0.39, 0.29) is 29.5 Å². The molecule has 2 heterocycles. The number of amides is 2. The third kappa shape index (κ3) is 4.13. The maximum absolute atomic E-state index is 13.8. The van der Waals surface area contributed by atoms with Crippen molar-refractivity contribution in [2.24, 2.45) is 0 Å². The normalized spacial score (nSPS) is 12.9. The number of hydrogen-bond donors (Lipinski definition) is 2. The highest BCUT2D eigenvalue weighted by Crippen LogP contribution is 2.26. The summed E-state index contributed by atoms with van der Waals surface area (Å²) in [5.74, 6) is -1.17. The third-order valence-electron chi connectivity index (χ3n) is 4.83. The van der Waals surface area contributed by atoms with E-state index in [1.165, 1.54) is 23.8 Å². The van der Waals surface area contributed by atoms with Crippen LogP contribution < -0.4 is 15.8 Å². The summed E-state index contributed by atoms with van der Waals surface area (Å²) in [5, 5.41) is 0. The lowest BCUT2D eigenvalue weighted by atomic mass is 10.0. The molecule has 4 rings (SSSR count). The summed E-state index contributed by atoms with van der Waals surface area (Å²) in [5.41, 5.74) is 7.26. The van der Waals surface area contributed by atoms with Crippen molar-refractivity contribution in [3.8, 4) is 11.3 Å². The van der Waals surface area contributed by atoms with E-state index >= 15 is 0 Å². The van der Waals surface area contributed by atoms with Crippen LogP contribution in [0.2, 0.25) is 0 Å². The number of benzene rings is 2. The number of hydrazine groups is 1. The van der Waals surface area contributed by atoms with Crippen molar-refractivity contribution < 1.29 is 18.4 Å². The van der Waals surface area contributed by atoms with Gasteiger partial charge < -0.3 is 9.32 Å². The molecule has 1 aliphatic heterocycles. The fraction of sp³-hybridized carbons (Fsp3) is 0.182. The molecule has 0 saturated carbocycles. The predicted molar refractivity (Wildman–Crippen MR) is 107 cm³/mol. The van der Waals surface area contributed by atoms with Crippen LogP contribution in [0.4, 0.5) is 10.1 Å². The summed E-state index contributed by atoms with van der Waals surface area (Å²) in [7, 11) is 0. The Morgan fingerprint density at radius 3 is 2.66 bits per heavy atom. The van der Waals surface area contributed by atoms with Crippen molar-refractivity contribution in [3.63, 3.8) is 0 Å². The summed E-state index contributed by atoms with van der Waals surface area (Å²) >= 11 is 0. The second-order valence-corrected chi connectivity index (χ2v) is 6.80. The molecule has 2 aromatic carbocycles. The molecule has 7 heteroatoms. The molecule has 0 aliphatic carbocycles. The second kappa shape index (κ2) is 8.18. The van der Waals surface area contributed by atoms with E-state index in [4.69, 9.17) is 4.42 Å². The summed E-state index contributed by atoms with van der Waals surface area (Å²) in [6, 6.07) is 17.1. The summed E-state index contributed by atoms with van der Waals surface area (Å²) in [6.45, 7) is 0.915. The number of carbonyl (C=O) groups excluding carboxylic acids is 2. The van der Waals surface area contributed by atoms with E-state index in [9.17, 15) is 14.0 Å². The molecule has 6 nitrogen and oxygen atoms in total. The monoisotopic (exact) mass is 393 g/mol. The lowest BCUT2D eigenvalue weighted by Gasteiger charge is -2.30. The molecule has 29 heavy (non-hydrogen) atoms. The van der Waals surface area contributed by atoms with Crippen molar-refractivity contribution in [2.45, 2.75) is 12.8 Å². The van der Waals surface area contributed by atoms with Gasteiger partial charge in [-0.3, -0.25) is 20.4 Å². The van der Waals surface area contributed by atoms with Crippen LogP contribution >= 0.6 is 0 Å². The van der Waals surface area contributed by atoms with Crippen molar-refractivity contribution in [1.82, 2.24) is 10.9 Å². The number of aryl methyl sites for hydroxylation is 1. The average Bonchev–Trinajstić information content (AvgIpc) is 3.23. The Balaban J connectivity index is 1.35. The van der Waals surface area contributed by atoms with E-state index in [1.807, 2.05) is 23.1 Å². The fourth-order valence-electron chi connectivity index (χ4n) is 3.44. The molecule has 0 radical (unpaired) electrons. The molecule has 0 unspecified atom stereocenters. The van der Waals surface area contributed by atoms with Gasteiger partial charge >= 0.3 is 5.91 Å². The molecule has 148 valence electrons. The van der Waals surface area contributed by atoms with Gasteiger partial charge in [-0.2, -0.15) is 0 Å². The molecule has 0 atom stereocenters. The highest BCUT2D eigenvalue weighted by molar-refractivity contribution is 5.94. The third-order valence-corrected chi connectivity index (χ3v) is 4.83. The molecule has 3 aromatic rings. The molecule has 0 saturated heterocycles. The van der Waals surface area contributed by atoms with E-state index in [1.54, 1.807) is 18.2 Å². The van der Waals surface area contributed by atoms with Gasteiger partial charge in [-0.15, -0.1) is 0 Å². The molecule has 0 bridgehead atoms. The highest BCUT2D eigenvalue weighted by Gasteiger charge is 2.19. The molecule has 0 spiro atoms. The minimum absolute atomic E-state index is 0.0214. The number of carbonyl (C=O) groups is 2. The number of halogens is 1. The van der Waals surface area contributed by atoms with Gasteiger partial charge in [0.2, 0.25) is 0 Å². The van der Waals surface area contributed by atoms with Gasteiger partial charge in [0.05, 0.1) is 12.1 Å². The summed E-state index contributed by atoms with van der Waals surface area (Å²) in [6.07, 6.45) is 1.97. The maximum Gasteiger partial charge on any atom is 0.305 e. The largest absolute Gasteiger partial charge is 0.451 e. The first-order valence-corrected chi connectivity index (χ1v) is 9.38. The van der Waals surface area contributed by atoms with Crippen LogP contribution in [0.5, 0.6) is 0 Å². The first kappa shape index (κ1) is 18.7. The zero-order valence-electron chi connectivity index (χ0n) is 15.7. The zero-order valence-corrected chi connectivity index (χ0v) is 15.7. The van der Waals surface area contributed by atoms with Crippen LogP contribution in [-0.4, -0.2) is 24.9 Å². The number of fused-ring (bicyclic) bond motifs is 1. The first-order chi connectivity index (χ1) is 14.1. The summed E-state index contributed by atoms with van der Waals surface area (Å²) < 4.78 is 19.3. The number of rotatable bonds is 4. The van der Waals surface area contributed by atoms with Gasteiger partial charge in [0.1, 0.15) is 11.6 Å². The van der Waals surface area contributed by atoms with Crippen molar-refractivity contribution in [2.75, 3.05) is 18.0 Å². The van der Waals surface area contributed by atoms with Crippen molar-refractivity contribution in [1.29, 1.82) is 0 Å². The van der Waals surface area contributed by atoms with Gasteiger partial charge in [-0.05, 0) is 48.7 Å². The van der Waals surface area contributed by atoms with Crippen molar-refractivity contribution in [3.05, 3.63) is 77.8 Å². The van der Waals surface area contributed by atoms with Gasteiger partial charge in [0.25, 0.3) is 5.91 Å². The van der Waals surface area contributed by atoms with Gasteiger partial charge in [-0.1, -0.05) is 30.3 Å². The Labute approximate surface area is 167 Å². The Hall–Kier alpha value is -3.61. The van der Waals surface area contributed by atoms with Crippen molar-refractivity contribution >= 4 is 17.5 Å². The topological polar surface area (TPSA) is 74.6 Å². The number of furan rings is 1. The van der Waals surface area contributed by atoms with Crippen LogP contribution in [0.1, 0.15) is 22.5 Å². The Bertz CT molecular complexity index is 1050. The SMILES string of the molecule is O=C(CN1CCCc2ccccc21)NNC(=O)c1ccc(-c2ccccc2F)o1. The van der Waals surface area contributed by atoms with E-state index < -0.39 is 11.7 Å². The Morgan fingerprint density at radius 2 is 1.79 bits per heavy atom. The minimum atomic E-state index is -0.611. The van der Waals surface area contributed by atoms with Gasteiger partial charge in [0, 0.05) is 12.2 Å². The Kier molecular flexibility index (Phi) is 5.29. The van der Waals surface area contributed by atoms with Gasteiger partial charge in [0.15, 0.2) is 5.76 Å². The maximum atomic E-state index is 13.8. The lowest BCUT2D eigenvalue weighted by molar-refractivity contribution is -0.120. The summed E-state index contributed by atoms with van der Waals surface area (Å²) in [4.78, 5) is 26.5. The number of hydrogen-bond acceptors (Lipinski definition) is 4. The molecular formula is C22H20FN3O3. The molecule has 0 fully saturated rings. The number of nitrogens with one attached hydrogen (secondary N) is 2. The standard InChI is InChI=1S/C22H20FN3O3/c23-17-9-3-2-8-16(17)19-11-12-20(29-19)22(28)25-24-21(27)14-26-13-5-7-15-6-1-4-10-18(15)26/h1-4,6,8-12H,5,7,13-14H2,(H,24,27)(H,25,28). The smallest absolute Gasteiger partial charge is 0.305 e. The van der Waals surface area contributed by atoms with Crippen LogP contribution in [-0.2, 0) is 11.2 Å².